The second kappa shape index (κ2) is 8.53. The van der Waals surface area contributed by atoms with E-state index in [1.54, 1.807) is 23.9 Å². The van der Waals surface area contributed by atoms with Gasteiger partial charge in [-0.15, -0.1) is 0 Å². The van der Waals surface area contributed by atoms with E-state index in [4.69, 9.17) is 5.73 Å². The summed E-state index contributed by atoms with van der Waals surface area (Å²) in [7, 11) is 0. The predicted octanol–water partition coefficient (Wildman–Crippen LogP) is 0.584. The van der Waals surface area contributed by atoms with Gasteiger partial charge in [-0.3, -0.25) is 4.79 Å². The van der Waals surface area contributed by atoms with E-state index in [1.807, 2.05) is 6.26 Å². The zero-order valence-corrected chi connectivity index (χ0v) is 12.6. The number of phenolic OH excluding ortho intramolecular Hbond substituents is 1. The molecular formula is C14H20N2O4S. The van der Waals surface area contributed by atoms with Crippen LogP contribution in [0.2, 0.25) is 0 Å². The average Bonchev–Trinajstić information content (AvgIpc) is 2.45. The maximum atomic E-state index is 11.9. The number of thioether (sulfide) groups is 1. The summed E-state index contributed by atoms with van der Waals surface area (Å²) in [6.07, 6.45) is 2.55. The molecule has 21 heavy (non-hydrogen) atoms. The van der Waals surface area contributed by atoms with Crippen molar-refractivity contribution in [3.05, 3.63) is 29.8 Å². The molecule has 1 amide bonds. The molecule has 0 saturated carbocycles. The summed E-state index contributed by atoms with van der Waals surface area (Å²) < 4.78 is 0. The van der Waals surface area contributed by atoms with Crippen molar-refractivity contribution in [2.24, 2.45) is 5.73 Å². The van der Waals surface area contributed by atoms with Crippen LogP contribution in [-0.4, -0.2) is 46.2 Å². The summed E-state index contributed by atoms with van der Waals surface area (Å²) >= 11 is 1.58. The largest absolute Gasteiger partial charge is 0.508 e. The average molecular weight is 312 g/mol. The predicted molar refractivity (Wildman–Crippen MR) is 82.4 cm³/mol. The van der Waals surface area contributed by atoms with Crippen molar-refractivity contribution in [1.29, 1.82) is 0 Å². The smallest absolute Gasteiger partial charge is 0.326 e. The number of hydrogen-bond donors (Lipinski definition) is 4. The fraction of sp³-hybridized carbons (Fsp3) is 0.429. The molecule has 0 aromatic heterocycles. The zero-order chi connectivity index (χ0) is 15.8. The summed E-state index contributed by atoms with van der Waals surface area (Å²) in [6, 6.07) is 4.43. The fourth-order valence-corrected chi connectivity index (χ4v) is 2.21. The van der Waals surface area contributed by atoms with Crippen molar-refractivity contribution in [1.82, 2.24) is 5.32 Å². The Labute approximate surface area is 127 Å². The number of carboxylic acids is 1. The lowest BCUT2D eigenvalue weighted by Crippen LogP contribution is -2.49. The van der Waals surface area contributed by atoms with E-state index in [9.17, 15) is 19.8 Å². The second-order valence-electron chi connectivity index (χ2n) is 4.66. The van der Waals surface area contributed by atoms with E-state index in [-0.39, 0.29) is 12.2 Å². The molecular weight excluding hydrogens is 292 g/mol. The number of rotatable bonds is 8. The molecule has 0 bridgehead atoms. The van der Waals surface area contributed by atoms with Crippen LogP contribution in [0.5, 0.6) is 5.75 Å². The first kappa shape index (κ1) is 17.3. The highest BCUT2D eigenvalue weighted by atomic mass is 32.2. The SMILES string of the molecule is CSCC[C@@H](N)C(=O)NC(Cc1ccc(O)cc1)C(=O)O. The number of amides is 1. The number of aliphatic carboxylic acids is 1. The first-order chi connectivity index (χ1) is 9.93. The number of carbonyl (C=O) groups excluding carboxylic acids is 1. The molecule has 116 valence electrons. The highest BCUT2D eigenvalue weighted by molar-refractivity contribution is 7.98. The number of phenols is 1. The fourth-order valence-electron chi connectivity index (χ4n) is 1.72. The number of nitrogens with two attached hydrogens (primary N) is 1. The Bertz CT molecular complexity index is 478. The molecule has 0 heterocycles. The molecule has 0 spiro atoms. The Kier molecular flexibility index (Phi) is 7.04. The number of aromatic hydroxyl groups is 1. The first-order valence-corrected chi connectivity index (χ1v) is 7.89. The van der Waals surface area contributed by atoms with Crippen molar-refractivity contribution >= 4 is 23.6 Å². The third-order valence-corrected chi connectivity index (χ3v) is 3.60. The van der Waals surface area contributed by atoms with Crippen LogP contribution in [0.3, 0.4) is 0 Å². The van der Waals surface area contributed by atoms with Gasteiger partial charge in [-0.25, -0.2) is 4.79 Å². The van der Waals surface area contributed by atoms with Gasteiger partial charge in [0.05, 0.1) is 6.04 Å². The molecule has 1 aromatic rings. The molecule has 0 fully saturated rings. The van der Waals surface area contributed by atoms with Crippen LogP contribution in [0.1, 0.15) is 12.0 Å². The molecule has 0 aliphatic rings. The van der Waals surface area contributed by atoms with Gasteiger partial charge in [0.25, 0.3) is 0 Å². The van der Waals surface area contributed by atoms with Gasteiger partial charge in [-0.2, -0.15) is 11.8 Å². The molecule has 1 aromatic carbocycles. The highest BCUT2D eigenvalue weighted by Gasteiger charge is 2.23. The van der Waals surface area contributed by atoms with Crippen LogP contribution in [0.25, 0.3) is 0 Å². The van der Waals surface area contributed by atoms with E-state index < -0.39 is 24.0 Å². The number of benzene rings is 1. The van der Waals surface area contributed by atoms with Crippen LogP contribution in [0.4, 0.5) is 0 Å². The Morgan fingerprint density at radius 2 is 1.95 bits per heavy atom. The van der Waals surface area contributed by atoms with Crippen LogP contribution in [0, 0.1) is 0 Å². The molecule has 6 nitrogen and oxygen atoms in total. The third kappa shape index (κ3) is 6.05. The van der Waals surface area contributed by atoms with Crippen LogP contribution in [-0.2, 0) is 16.0 Å². The van der Waals surface area contributed by atoms with Gasteiger partial charge in [-0.05, 0) is 36.1 Å². The van der Waals surface area contributed by atoms with Gasteiger partial charge in [0.15, 0.2) is 0 Å². The summed E-state index contributed by atoms with van der Waals surface area (Å²) in [5.41, 5.74) is 6.42. The first-order valence-electron chi connectivity index (χ1n) is 6.49. The summed E-state index contributed by atoms with van der Waals surface area (Å²) in [5, 5.41) is 20.8. The van der Waals surface area contributed by atoms with Crippen LogP contribution < -0.4 is 11.1 Å². The molecule has 0 radical (unpaired) electrons. The van der Waals surface area contributed by atoms with E-state index >= 15 is 0 Å². The molecule has 7 heteroatoms. The van der Waals surface area contributed by atoms with Gasteiger partial charge in [0.2, 0.25) is 5.91 Å². The minimum Gasteiger partial charge on any atom is -0.508 e. The zero-order valence-electron chi connectivity index (χ0n) is 11.8. The number of hydrogen-bond acceptors (Lipinski definition) is 5. The molecule has 0 aliphatic heterocycles. The van der Waals surface area contributed by atoms with Crippen LogP contribution >= 0.6 is 11.8 Å². The highest BCUT2D eigenvalue weighted by Crippen LogP contribution is 2.11. The van der Waals surface area contributed by atoms with Gasteiger partial charge in [0, 0.05) is 6.42 Å². The van der Waals surface area contributed by atoms with Crippen molar-refractivity contribution in [3.8, 4) is 5.75 Å². The number of carboxylic acid groups (broad SMARTS) is 1. The van der Waals surface area contributed by atoms with Gasteiger partial charge in [0.1, 0.15) is 11.8 Å². The Morgan fingerprint density at radius 3 is 2.48 bits per heavy atom. The summed E-state index contributed by atoms with van der Waals surface area (Å²) in [6.45, 7) is 0. The van der Waals surface area contributed by atoms with E-state index in [2.05, 4.69) is 5.32 Å². The maximum absolute atomic E-state index is 11.9. The van der Waals surface area contributed by atoms with Crippen molar-refractivity contribution in [2.45, 2.75) is 24.9 Å². The molecule has 5 N–H and O–H groups in total. The van der Waals surface area contributed by atoms with E-state index in [0.29, 0.717) is 12.0 Å². The molecule has 1 rings (SSSR count). The minimum atomic E-state index is -1.12. The quantitative estimate of drug-likeness (QED) is 0.559. The molecule has 0 aliphatic carbocycles. The van der Waals surface area contributed by atoms with Crippen molar-refractivity contribution < 1.29 is 19.8 Å². The number of nitrogens with one attached hydrogen (secondary N) is 1. The summed E-state index contributed by atoms with van der Waals surface area (Å²) in [4.78, 5) is 23.1. The maximum Gasteiger partial charge on any atom is 0.326 e. The van der Waals surface area contributed by atoms with Crippen LogP contribution in [0.15, 0.2) is 24.3 Å². The lowest BCUT2D eigenvalue weighted by molar-refractivity contribution is -0.142. The van der Waals surface area contributed by atoms with Gasteiger partial charge < -0.3 is 21.3 Å². The third-order valence-electron chi connectivity index (χ3n) is 2.96. The lowest BCUT2D eigenvalue weighted by Gasteiger charge is -2.17. The van der Waals surface area contributed by atoms with E-state index in [0.717, 1.165) is 5.75 Å². The topological polar surface area (TPSA) is 113 Å². The monoisotopic (exact) mass is 312 g/mol. The minimum absolute atomic E-state index is 0.105. The Balaban J connectivity index is 2.63. The number of carbonyl (C=O) groups is 2. The lowest BCUT2D eigenvalue weighted by atomic mass is 10.1. The van der Waals surface area contributed by atoms with Gasteiger partial charge in [-0.1, -0.05) is 12.1 Å². The van der Waals surface area contributed by atoms with E-state index in [1.165, 1.54) is 12.1 Å². The standard InChI is InChI=1S/C14H20N2O4S/c1-21-7-6-11(15)13(18)16-12(14(19)20)8-9-2-4-10(17)5-3-9/h2-5,11-12,17H,6-8,15H2,1H3,(H,16,18)(H,19,20)/t11-,12?/m1/s1. The molecule has 2 atom stereocenters. The summed E-state index contributed by atoms with van der Waals surface area (Å²) in [5.74, 6) is -0.734. The normalized spacial score (nSPS) is 13.4. The second-order valence-corrected chi connectivity index (χ2v) is 5.64. The Hall–Kier alpha value is -1.73. The molecule has 0 saturated heterocycles. The van der Waals surface area contributed by atoms with Gasteiger partial charge >= 0.3 is 5.97 Å². The van der Waals surface area contributed by atoms with Crippen molar-refractivity contribution in [3.63, 3.8) is 0 Å². The molecule has 1 unspecified atom stereocenters. The van der Waals surface area contributed by atoms with Crippen molar-refractivity contribution in [2.75, 3.05) is 12.0 Å². The Morgan fingerprint density at radius 1 is 1.33 bits per heavy atom.